The summed E-state index contributed by atoms with van der Waals surface area (Å²) >= 11 is 0. The lowest BCUT2D eigenvalue weighted by atomic mass is 9.87. The Morgan fingerprint density at radius 2 is 1.73 bits per heavy atom. The molecule has 5 rings (SSSR count). The van der Waals surface area contributed by atoms with E-state index >= 15 is 0 Å². The third-order valence-electron chi connectivity index (χ3n) is 8.92. The summed E-state index contributed by atoms with van der Waals surface area (Å²) in [6.45, 7) is 12.4. The van der Waals surface area contributed by atoms with E-state index in [2.05, 4.69) is 35.9 Å². The Kier molecular flexibility index (Phi) is 11.4. The maximum Gasteiger partial charge on any atom is 0.459 e. The lowest BCUT2D eigenvalue weighted by molar-refractivity contribution is -0.170. The number of nitrogen functional groups attached to an aromatic ring is 1. The highest BCUT2D eigenvalue weighted by Crippen LogP contribution is 2.49. The third kappa shape index (κ3) is 8.89. The van der Waals surface area contributed by atoms with Crippen LogP contribution in [0.1, 0.15) is 85.4 Å². The Morgan fingerprint density at radius 3 is 2.35 bits per heavy atom. The smallest absolute Gasteiger partial charge is 0.459 e. The topological polar surface area (TPSA) is 192 Å². The number of rotatable bonds is 15. The summed E-state index contributed by atoms with van der Waals surface area (Å²) in [6.07, 6.45) is -0.269. The van der Waals surface area contributed by atoms with Gasteiger partial charge in [-0.2, -0.15) is 10.2 Å². The van der Waals surface area contributed by atoms with E-state index in [1.165, 1.54) is 17.8 Å². The second kappa shape index (κ2) is 15.3. The number of nitrogens with one attached hydrogen (secondary N) is 1. The quantitative estimate of drug-likeness (QED) is 0.121. The standard InChI is InChI=1S/C35H48N5O10P/c1-8-28(41)47-30-26(49-35(7,31(30)48-29(42)9-2)27-17-16-25-32(36)37-20-38-40(25)27)19-46-51(44,39-21(3)33(43)45-18-22-10-11-22)50-24-14-12-23(13-15-24)34(4,5)6/h12-17,20-22,26,30-31H,8-11,18-19H2,1-7H3,(H,39,44)(H2,36,37,38)/t21-,26+,30+,31+,35-,51?/m0/s1. The van der Waals surface area contributed by atoms with Crippen molar-refractivity contribution in [2.24, 2.45) is 5.92 Å². The van der Waals surface area contributed by atoms with Crippen LogP contribution < -0.4 is 15.3 Å². The van der Waals surface area contributed by atoms with E-state index in [4.69, 9.17) is 33.7 Å². The molecule has 1 unspecified atom stereocenters. The Morgan fingerprint density at radius 1 is 1.06 bits per heavy atom. The SMILES string of the molecule is CCC(=O)O[C@H]1[C@@H](OC(=O)CC)[C@](C)(c2ccc3c(N)ncnn23)O[C@@H]1COP(=O)(N[C@@H](C)C(=O)OCC1CC1)Oc1ccc(C(C)(C)C)cc1. The van der Waals surface area contributed by atoms with Crippen LogP contribution in [0.25, 0.3) is 5.52 Å². The van der Waals surface area contributed by atoms with Crippen molar-refractivity contribution in [2.75, 3.05) is 18.9 Å². The van der Waals surface area contributed by atoms with Gasteiger partial charge in [0.15, 0.2) is 18.0 Å². The highest BCUT2D eigenvalue weighted by molar-refractivity contribution is 7.52. The molecular formula is C35H48N5O10P. The summed E-state index contributed by atoms with van der Waals surface area (Å²) in [5.74, 6) is -1.03. The van der Waals surface area contributed by atoms with Crippen LogP contribution in [0.2, 0.25) is 0 Å². The molecule has 1 aliphatic carbocycles. The molecule has 278 valence electrons. The summed E-state index contributed by atoms with van der Waals surface area (Å²) in [6, 6.07) is 9.33. The highest BCUT2D eigenvalue weighted by Gasteiger charge is 2.59. The Balaban J connectivity index is 1.47. The zero-order chi connectivity index (χ0) is 37.1. The normalized spacial score (nSPS) is 23.7. The molecule has 0 spiro atoms. The minimum atomic E-state index is -4.38. The number of hydrogen-bond acceptors (Lipinski definition) is 13. The first-order chi connectivity index (χ1) is 24.1. The highest BCUT2D eigenvalue weighted by atomic mass is 31.2. The molecule has 1 aliphatic heterocycles. The molecule has 0 radical (unpaired) electrons. The Hall–Kier alpha value is -4.04. The number of anilines is 1. The average Bonchev–Trinajstić information content (AvgIpc) is 3.75. The van der Waals surface area contributed by atoms with Crippen molar-refractivity contribution in [1.82, 2.24) is 19.7 Å². The van der Waals surface area contributed by atoms with Crippen LogP contribution in [-0.4, -0.2) is 70.1 Å². The predicted octanol–water partition coefficient (Wildman–Crippen LogP) is 5.00. The van der Waals surface area contributed by atoms with Gasteiger partial charge < -0.3 is 29.2 Å². The average molecular weight is 730 g/mol. The molecule has 16 heteroatoms. The number of aromatic nitrogens is 3. The fourth-order valence-corrected chi connectivity index (χ4v) is 7.22. The van der Waals surface area contributed by atoms with Gasteiger partial charge >= 0.3 is 25.7 Å². The van der Waals surface area contributed by atoms with E-state index in [1.807, 2.05) is 12.1 Å². The first-order valence-electron chi connectivity index (χ1n) is 17.2. The summed E-state index contributed by atoms with van der Waals surface area (Å²) in [4.78, 5) is 42.5. The lowest BCUT2D eigenvalue weighted by Crippen LogP contribution is -2.45. The van der Waals surface area contributed by atoms with E-state index in [0.717, 1.165) is 18.4 Å². The molecule has 3 aromatic rings. The summed E-state index contributed by atoms with van der Waals surface area (Å²) in [5.41, 5.74) is 6.39. The monoisotopic (exact) mass is 729 g/mol. The van der Waals surface area contributed by atoms with Gasteiger partial charge in [0.2, 0.25) is 0 Å². The van der Waals surface area contributed by atoms with Crippen LogP contribution in [0, 0.1) is 5.92 Å². The molecule has 15 nitrogen and oxygen atoms in total. The Labute approximate surface area is 297 Å². The molecule has 2 aromatic heterocycles. The van der Waals surface area contributed by atoms with E-state index in [1.54, 1.807) is 45.0 Å². The zero-order valence-electron chi connectivity index (χ0n) is 30.1. The molecule has 0 amide bonds. The van der Waals surface area contributed by atoms with E-state index < -0.39 is 62.2 Å². The van der Waals surface area contributed by atoms with Crippen molar-refractivity contribution in [3.05, 3.63) is 54.0 Å². The minimum Gasteiger partial charge on any atom is -0.464 e. The fourth-order valence-electron chi connectivity index (χ4n) is 5.71. The van der Waals surface area contributed by atoms with Gasteiger partial charge in [0.1, 0.15) is 35.3 Å². The lowest BCUT2D eigenvalue weighted by Gasteiger charge is -2.31. The number of hydrogen-bond donors (Lipinski definition) is 2. The van der Waals surface area contributed by atoms with Gasteiger partial charge in [-0.15, -0.1) is 0 Å². The maximum absolute atomic E-state index is 14.5. The van der Waals surface area contributed by atoms with Crippen LogP contribution in [-0.2, 0) is 53.4 Å². The number of nitrogens with zero attached hydrogens (tertiary/aromatic N) is 3. The van der Waals surface area contributed by atoms with Gasteiger partial charge in [-0.25, -0.2) is 14.1 Å². The second-order valence-electron chi connectivity index (χ2n) is 14.1. The molecule has 3 heterocycles. The summed E-state index contributed by atoms with van der Waals surface area (Å²) < 4.78 is 51.8. The van der Waals surface area contributed by atoms with Gasteiger partial charge in [0, 0.05) is 12.8 Å². The van der Waals surface area contributed by atoms with Gasteiger partial charge in [-0.3, -0.25) is 18.9 Å². The number of fused-ring (bicyclic) bond motifs is 1. The van der Waals surface area contributed by atoms with Gasteiger partial charge in [-0.05, 0) is 67.9 Å². The zero-order valence-corrected chi connectivity index (χ0v) is 31.0. The minimum absolute atomic E-state index is 0.0151. The molecule has 2 aliphatic rings. The number of nitrogens with two attached hydrogens (primary N) is 1. The number of carbonyl (C=O) groups is 3. The van der Waals surface area contributed by atoms with Gasteiger partial charge in [-0.1, -0.05) is 46.8 Å². The van der Waals surface area contributed by atoms with E-state index in [-0.39, 0.29) is 36.4 Å². The van der Waals surface area contributed by atoms with E-state index in [0.29, 0.717) is 17.1 Å². The van der Waals surface area contributed by atoms with Crippen molar-refractivity contribution in [2.45, 2.75) is 110 Å². The van der Waals surface area contributed by atoms with Crippen LogP contribution in [0.15, 0.2) is 42.7 Å². The third-order valence-corrected chi connectivity index (χ3v) is 10.6. The number of esters is 3. The van der Waals surface area contributed by atoms with Crippen molar-refractivity contribution < 1.29 is 46.9 Å². The molecule has 2 fully saturated rings. The molecular weight excluding hydrogens is 681 g/mol. The van der Waals surface area contributed by atoms with Crippen molar-refractivity contribution in [1.29, 1.82) is 0 Å². The van der Waals surface area contributed by atoms with Crippen LogP contribution in [0.5, 0.6) is 5.75 Å². The predicted molar refractivity (Wildman–Crippen MR) is 186 cm³/mol. The van der Waals surface area contributed by atoms with Crippen LogP contribution in [0.4, 0.5) is 5.82 Å². The van der Waals surface area contributed by atoms with Gasteiger partial charge in [0.25, 0.3) is 0 Å². The van der Waals surface area contributed by atoms with Crippen molar-refractivity contribution >= 4 is 37.0 Å². The van der Waals surface area contributed by atoms with Crippen molar-refractivity contribution in [3.63, 3.8) is 0 Å². The molecule has 1 saturated carbocycles. The number of ether oxygens (including phenoxy) is 4. The molecule has 3 N–H and O–H groups in total. The maximum atomic E-state index is 14.5. The first-order valence-corrected chi connectivity index (χ1v) is 18.8. The Bertz CT molecular complexity index is 1770. The molecule has 0 bridgehead atoms. The summed E-state index contributed by atoms with van der Waals surface area (Å²) in [5, 5.41) is 7.04. The number of benzene rings is 1. The molecule has 6 atom stereocenters. The molecule has 1 aromatic carbocycles. The summed E-state index contributed by atoms with van der Waals surface area (Å²) in [7, 11) is -4.38. The number of carbonyl (C=O) groups excluding carboxylic acids is 3. The van der Waals surface area contributed by atoms with Crippen molar-refractivity contribution in [3.8, 4) is 5.75 Å². The first kappa shape index (κ1) is 38.2. The van der Waals surface area contributed by atoms with Crippen LogP contribution >= 0.6 is 7.75 Å². The second-order valence-corrected chi connectivity index (χ2v) is 15.8. The largest absolute Gasteiger partial charge is 0.464 e. The molecule has 51 heavy (non-hydrogen) atoms. The fraction of sp³-hybridized carbons (Fsp3) is 0.571. The van der Waals surface area contributed by atoms with E-state index in [9.17, 15) is 18.9 Å². The van der Waals surface area contributed by atoms with Gasteiger partial charge in [0.05, 0.1) is 18.9 Å². The van der Waals surface area contributed by atoms with Crippen LogP contribution in [0.3, 0.4) is 0 Å². The molecule has 1 saturated heterocycles.